The van der Waals surface area contributed by atoms with E-state index >= 15 is 0 Å². The quantitative estimate of drug-likeness (QED) is 0.523. The fraction of sp³-hybridized carbons (Fsp3) is 0.571. The summed E-state index contributed by atoms with van der Waals surface area (Å²) in [7, 11) is 0. The van der Waals surface area contributed by atoms with Crippen molar-refractivity contribution in [3.05, 3.63) is 69.4 Å². The van der Waals surface area contributed by atoms with Crippen LogP contribution in [0.4, 0.5) is 0 Å². The molecule has 0 aliphatic rings. The van der Waals surface area contributed by atoms with Gasteiger partial charge in [0, 0.05) is 18.1 Å². The molecule has 0 N–H and O–H groups in total. The van der Waals surface area contributed by atoms with Gasteiger partial charge in [-0.2, -0.15) is 0 Å². The first kappa shape index (κ1) is 22.7. The van der Waals surface area contributed by atoms with Crippen LogP contribution >= 0.6 is 0 Å². The summed E-state index contributed by atoms with van der Waals surface area (Å²) in [5.41, 5.74) is -1.63. The predicted octanol–water partition coefficient (Wildman–Crippen LogP) is 3.75. The van der Waals surface area contributed by atoms with Gasteiger partial charge in [-0.25, -0.2) is 28.1 Å². The molecule has 150 valence electrons. The van der Waals surface area contributed by atoms with E-state index in [9.17, 15) is 14.4 Å². The second-order valence-electron chi connectivity index (χ2n) is 6.72. The van der Waals surface area contributed by atoms with Crippen molar-refractivity contribution in [2.45, 2.75) is 77.4 Å². The molecular weight excluding hydrogens is 342 g/mol. The summed E-state index contributed by atoms with van der Waals surface area (Å²) in [6, 6.07) is -0.991. The van der Waals surface area contributed by atoms with E-state index in [1.54, 1.807) is 18.2 Å². The van der Waals surface area contributed by atoms with E-state index in [-0.39, 0.29) is 18.1 Å². The van der Waals surface area contributed by atoms with Crippen LogP contribution in [-0.2, 0) is 0 Å². The highest BCUT2D eigenvalue weighted by Crippen LogP contribution is 2.17. The Morgan fingerprint density at radius 3 is 1.00 bits per heavy atom. The van der Waals surface area contributed by atoms with Crippen LogP contribution in [-0.4, -0.2) is 13.7 Å². The van der Waals surface area contributed by atoms with Gasteiger partial charge in [0.15, 0.2) is 0 Å². The summed E-state index contributed by atoms with van der Waals surface area (Å²) < 4.78 is 3.71. The molecule has 1 aromatic heterocycles. The lowest BCUT2D eigenvalue weighted by Crippen LogP contribution is -2.57. The van der Waals surface area contributed by atoms with Crippen molar-refractivity contribution in [1.82, 2.24) is 13.7 Å². The third kappa shape index (κ3) is 4.67. The van der Waals surface area contributed by atoms with Crippen LogP contribution in [0, 0.1) is 0 Å². The van der Waals surface area contributed by atoms with E-state index in [0.29, 0.717) is 38.5 Å². The number of nitrogens with zero attached hydrogens (tertiary/aromatic N) is 3. The summed E-state index contributed by atoms with van der Waals surface area (Å²) in [5.74, 6) is 0. The summed E-state index contributed by atoms with van der Waals surface area (Å²) in [5, 5.41) is 0. The third-order valence-corrected chi connectivity index (χ3v) is 5.06. The summed E-state index contributed by atoms with van der Waals surface area (Å²) >= 11 is 0. The van der Waals surface area contributed by atoms with Crippen LogP contribution in [0.2, 0.25) is 0 Å². The molecule has 0 aliphatic carbocycles. The van der Waals surface area contributed by atoms with Crippen molar-refractivity contribution in [1.29, 1.82) is 0 Å². The van der Waals surface area contributed by atoms with Gasteiger partial charge in [-0.15, -0.1) is 19.7 Å². The van der Waals surface area contributed by atoms with Gasteiger partial charge in [0.1, 0.15) is 0 Å². The molecular formula is C21H33N3O3. The minimum atomic E-state index is -0.544. The molecule has 6 nitrogen and oxygen atoms in total. The monoisotopic (exact) mass is 375 g/mol. The van der Waals surface area contributed by atoms with Gasteiger partial charge in [0.05, 0.1) is 0 Å². The van der Waals surface area contributed by atoms with Crippen LogP contribution < -0.4 is 17.1 Å². The number of hydrogen-bond donors (Lipinski definition) is 0. The van der Waals surface area contributed by atoms with Crippen molar-refractivity contribution in [3.63, 3.8) is 0 Å². The Morgan fingerprint density at radius 1 is 0.630 bits per heavy atom. The van der Waals surface area contributed by atoms with Crippen LogP contribution in [0.15, 0.2) is 52.3 Å². The molecule has 1 rings (SSSR count). The van der Waals surface area contributed by atoms with Gasteiger partial charge >= 0.3 is 17.1 Å². The van der Waals surface area contributed by atoms with E-state index in [0.717, 1.165) is 0 Å². The Bertz CT molecular complexity index is 689. The normalized spacial score (nSPS) is 14.3. The van der Waals surface area contributed by atoms with Crippen molar-refractivity contribution in [2.75, 3.05) is 0 Å². The maximum atomic E-state index is 13.2. The average molecular weight is 376 g/mol. The minimum absolute atomic E-state index is 0.330. The van der Waals surface area contributed by atoms with E-state index in [1.807, 2.05) is 20.8 Å². The zero-order chi connectivity index (χ0) is 20.6. The highest BCUT2D eigenvalue weighted by atomic mass is 16.2. The van der Waals surface area contributed by atoms with E-state index in [2.05, 4.69) is 19.7 Å². The van der Waals surface area contributed by atoms with Crippen molar-refractivity contribution < 1.29 is 0 Å². The highest BCUT2D eigenvalue weighted by Gasteiger charge is 2.26. The van der Waals surface area contributed by atoms with Gasteiger partial charge in [-0.05, 0) is 38.5 Å². The molecule has 0 fully saturated rings. The van der Waals surface area contributed by atoms with Gasteiger partial charge in [-0.3, -0.25) is 0 Å². The molecule has 6 heteroatoms. The lowest BCUT2D eigenvalue weighted by Gasteiger charge is -2.25. The van der Waals surface area contributed by atoms with Crippen molar-refractivity contribution in [3.8, 4) is 0 Å². The molecule has 0 amide bonds. The van der Waals surface area contributed by atoms with Crippen LogP contribution in [0.5, 0.6) is 0 Å². The van der Waals surface area contributed by atoms with Gasteiger partial charge < -0.3 is 0 Å². The molecule has 0 bridgehead atoms. The smallest absolute Gasteiger partial charge is 0.247 e. The molecule has 0 radical (unpaired) electrons. The molecule has 27 heavy (non-hydrogen) atoms. The van der Waals surface area contributed by atoms with Gasteiger partial charge in [0.2, 0.25) is 0 Å². The van der Waals surface area contributed by atoms with E-state index in [4.69, 9.17) is 0 Å². The third-order valence-electron chi connectivity index (χ3n) is 5.06. The second-order valence-corrected chi connectivity index (χ2v) is 6.72. The molecule has 1 aromatic rings. The molecule has 3 unspecified atom stereocenters. The lowest BCUT2D eigenvalue weighted by molar-refractivity contribution is 0.320. The minimum Gasteiger partial charge on any atom is -0.247 e. The molecule has 3 atom stereocenters. The number of aromatic nitrogens is 3. The standard InChI is InChI=1S/C21H33N3O3/c1-7-13-16(10-4)22-19(25)23(17(11-5)14-8-2)21(27)24(20(22)26)18(12-6)15-9-3/h7-9,16-18H,1-3,10-15H2,4-6H3. The zero-order valence-corrected chi connectivity index (χ0v) is 16.9. The first-order valence-corrected chi connectivity index (χ1v) is 9.75. The lowest BCUT2D eigenvalue weighted by atomic mass is 10.1. The Labute approximate surface area is 161 Å². The first-order valence-electron chi connectivity index (χ1n) is 9.75. The van der Waals surface area contributed by atoms with Gasteiger partial charge in [0.25, 0.3) is 0 Å². The molecule has 0 aliphatic heterocycles. The SMILES string of the molecule is C=CCC(CC)n1c(=O)n(C(CC)CC=C)c(=O)n(C(CC)CC=C)c1=O. The highest BCUT2D eigenvalue weighted by molar-refractivity contribution is 4.92. The first-order chi connectivity index (χ1) is 12.9. The molecule has 0 saturated carbocycles. The maximum absolute atomic E-state index is 13.2. The predicted molar refractivity (Wildman–Crippen MR) is 112 cm³/mol. The Hall–Kier alpha value is -2.37. The number of rotatable bonds is 12. The van der Waals surface area contributed by atoms with E-state index < -0.39 is 17.1 Å². The van der Waals surface area contributed by atoms with Crippen LogP contribution in [0.3, 0.4) is 0 Å². The zero-order valence-electron chi connectivity index (χ0n) is 16.9. The fourth-order valence-corrected chi connectivity index (χ4v) is 3.47. The second kappa shape index (κ2) is 10.7. The molecule has 0 aromatic carbocycles. The Balaban J connectivity index is 3.98. The number of allylic oxidation sites excluding steroid dienone is 3. The van der Waals surface area contributed by atoms with E-state index in [1.165, 1.54) is 13.7 Å². The van der Waals surface area contributed by atoms with Crippen LogP contribution in [0.25, 0.3) is 0 Å². The molecule has 0 spiro atoms. The summed E-state index contributed by atoms with van der Waals surface area (Å²) in [4.78, 5) is 39.6. The Kier molecular flexibility index (Phi) is 8.98. The maximum Gasteiger partial charge on any atom is 0.336 e. The van der Waals surface area contributed by atoms with Gasteiger partial charge in [-0.1, -0.05) is 39.0 Å². The summed E-state index contributed by atoms with van der Waals surface area (Å²) in [6.45, 7) is 17.0. The average Bonchev–Trinajstić information content (AvgIpc) is 2.65. The fourth-order valence-electron chi connectivity index (χ4n) is 3.47. The van der Waals surface area contributed by atoms with Crippen molar-refractivity contribution >= 4 is 0 Å². The molecule has 1 heterocycles. The Morgan fingerprint density at radius 2 is 0.852 bits per heavy atom. The topological polar surface area (TPSA) is 66.0 Å². The van der Waals surface area contributed by atoms with Crippen molar-refractivity contribution in [2.24, 2.45) is 0 Å². The molecule has 0 saturated heterocycles. The summed E-state index contributed by atoms with van der Waals surface area (Å²) in [6.07, 6.45) is 8.33. The van der Waals surface area contributed by atoms with Crippen LogP contribution in [0.1, 0.15) is 77.4 Å². The number of hydrogen-bond acceptors (Lipinski definition) is 3. The largest absolute Gasteiger partial charge is 0.336 e.